The van der Waals surface area contributed by atoms with E-state index in [2.05, 4.69) is 9.72 Å². The molecule has 1 heterocycles. The highest BCUT2D eigenvalue weighted by atomic mass is 19.4. The highest BCUT2D eigenvalue weighted by Crippen LogP contribution is 2.33. The first-order chi connectivity index (χ1) is 13.1. The second-order valence-electron chi connectivity index (χ2n) is 5.74. The largest absolute Gasteiger partial charge is 0.496 e. The minimum Gasteiger partial charge on any atom is -0.496 e. The van der Waals surface area contributed by atoms with Crippen molar-refractivity contribution in [2.24, 2.45) is 0 Å². The summed E-state index contributed by atoms with van der Waals surface area (Å²) in [4.78, 5) is 28.6. The molecule has 0 fully saturated rings. The molecule has 10 heteroatoms. The van der Waals surface area contributed by atoms with Gasteiger partial charge in [-0.25, -0.2) is 9.78 Å². The van der Waals surface area contributed by atoms with Crippen LogP contribution in [0.15, 0.2) is 42.6 Å². The molecule has 1 atom stereocenters. The first-order valence-corrected chi connectivity index (χ1v) is 7.96. The number of halogens is 3. The molecule has 0 radical (unpaired) electrons. The van der Waals surface area contributed by atoms with Crippen molar-refractivity contribution in [2.45, 2.75) is 18.8 Å². The van der Waals surface area contributed by atoms with E-state index in [4.69, 9.17) is 4.74 Å². The SMILES string of the molecule is COC(=O)[C@](NC(=O)c1ccccc1OC)(Nc1cc(C)ccn1)C(F)(F)F. The number of pyridine rings is 1. The van der Waals surface area contributed by atoms with E-state index in [0.29, 0.717) is 5.56 Å². The van der Waals surface area contributed by atoms with Gasteiger partial charge in [-0.15, -0.1) is 0 Å². The number of ether oxygens (including phenoxy) is 2. The molecule has 0 saturated carbocycles. The van der Waals surface area contributed by atoms with E-state index in [1.54, 1.807) is 24.4 Å². The van der Waals surface area contributed by atoms with E-state index in [9.17, 15) is 22.8 Å². The van der Waals surface area contributed by atoms with E-state index < -0.39 is 23.7 Å². The third-order valence-corrected chi connectivity index (χ3v) is 3.80. The Bertz CT molecular complexity index is 873. The quantitative estimate of drug-likeness (QED) is 0.576. The van der Waals surface area contributed by atoms with Crippen LogP contribution < -0.4 is 15.4 Å². The number of nitrogens with one attached hydrogen (secondary N) is 2. The van der Waals surface area contributed by atoms with Gasteiger partial charge in [0.25, 0.3) is 5.91 Å². The number of hydrogen-bond acceptors (Lipinski definition) is 6. The number of hydrogen-bond donors (Lipinski definition) is 2. The molecule has 0 aliphatic rings. The van der Waals surface area contributed by atoms with Crippen LogP contribution in [0.2, 0.25) is 0 Å². The molecule has 1 amide bonds. The number of alkyl halides is 3. The fraction of sp³-hybridized carbons (Fsp3) is 0.278. The van der Waals surface area contributed by atoms with Crippen LogP contribution in [0.4, 0.5) is 19.0 Å². The molecule has 0 saturated heterocycles. The topological polar surface area (TPSA) is 89.5 Å². The number of rotatable bonds is 6. The number of benzene rings is 1. The number of methoxy groups -OCH3 is 2. The summed E-state index contributed by atoms with van der Waals surface area (Å²) in [5.74, 6) is -3.19. The maximum Gasteiger partial charge on any atom is 0.441 e. The Labute approximate surface area is 158 Å². The summed E-state index contributed by atoms with van der Waals surface area (Å²) in [6.45, 7) is 1.63. The Balaban J connectivity index is 2.53. The Morgan fingerprint density at radius 3 is 2.36 bits per heavy atom. The molecular weight excluding hydrogens is 379 g/mol. The number of aryl methyl sites for hydroxylation is 1. The first kappa shape index (κ1) is 21.0. The van der Waals surface area contributed by atoms with Gasteiger partial charge in [-0.3, -0.25) is 4.79 Å². The average Bonchev–Trinajstić information content (AvgIpc) is 2.65. The fourth-order valence-electron chi connectivity index (χ4n) is 2.41. The second-order valence-corrected chi connectivity index (χ2v) is 5.74. The van der Waals surface area contributed by atoms with Crippen LogP contribution in [0.5, 0.6) is 5.75 Å². The normalized spacial score (nSPS) is 13.2. The number of carbonyl (C=O) groups is 2. The lowest BCUT2D eigenvalue weighted by Crippen LogP contribution is -2.69. The Morgan fingerprint density at radius 1 is 1.11 bits per heavy atom. The van der Waals surface area contributed by atoms with Crippen LogP contribution in [0.3, 0.4) is 0 Å². The van der Waals surface area contributed by atoms with E-state index in [1.807, 2.05) is 5.32 Å². The third kappa shape index (κ3) is 4.16. The number of aromatic nitrogens is 1. The van der Waals surface area contributed by atoms with Gasteiger partial charge >= 0.3 is 17.8 Å². The summed E-state index contributed by atoms with van der Waals surface area (Å²) < 4.78 is 51.4. The minimum absolute atomic E-state index is 0.0367. The zero-order chi connectivity index (χ0) is 20.9. The summed E-state index contributed by atoms with van der Waals surface area (Å²) in [7, 11) is 2.04. The van der Waals surface area contributed by atoms with E-state index in [-0.39, 0.29) is 17.1 Å². The van der Waals surface area contributed by atoms with E-state index in [0.717, 1.165) is 7.11 Å². The van der Waals surface area contributed by atoms with Gasteiger partial charge in [0, 0.05) is 6.20 Å². The predicted molar refractivity (Wildman–Crippen MR) is 93.9 cm³/mol. The average molecular weight is 397 g/mol. The van der Waals surface area contributed by atoms with Crippen LogP contribution in [-0.2, 0) is 9.53 Å². The van der Waals surface area contributed by atoms with Gasteiger partial charge in [0.15, 0.2) is 0 Å². The second kappa shape index (κ2) is 8.15. The molecule has 2 aromatic rings. The van der Waals surface area contributed by atoms with Gasteiger partial charge in [0.1, 0.15) is 11.6 Å². The molecule has 7 nitrogen and oxygen atoms in total. The monoisotopic (exact) mass is 397 g/mol. The molecule has 2 rings (SSSR count). The van der Waals surface area contributed by atoms with Crippen molar-refractivity contribution in [1.82, 2.24) is 10.3 Å². The van der Waals surface area contributed by atoms with E-state index in [1.165, 1.54) is 37.6 Å². The minimum atomic E-state index is -5.26. The number of carbonyl (C=O) groups excluding carboxylic acids is 2. The maximum atomic E-state index is 14.0. The first-order valence-electron chi connectivity index (χ1n) is 7.96. The highest BCUT2D eigenvalue weighted by molar-refractivity contribution is 6.01. The van der Waals surface area contributed by atoms with Gasteiger partial charge in [-0.1, -0.05) is 12.1 Å². The lowest BCUT2D eigenvalue weighted by atomic mass is 10.1. The van der Waals surface area contributed by atoms with Crippen LogP contribution in [0.25, 0.3) is 0 Å². The fourth-order valence-corrected chi connectivity index (χ4v) is 2.41. The lowest BCUT2D eigenvalue weighted by molar-refractivity contribution is -0.203. The van der Waals surface area contributed by atoms with Crippen molar-refractivity contribution in [2.75, 3.05) is 19.5 Å². The van der Waals surface area contributed by atoms with Gasteiger partial charge in [0.2, 0.25) is 0 Å². The van der Waals surface area contributed by atoms with Crippen LogP contribution in [-0.4, -0.2) is 42.9 Å². The number of esters is 1. The summed E-state index contributed by atoms with van der Waals surface area (Å²) in [5, 5.41) is 3.69. The molecular formula is C18H18F3N3O4. The Hall–Kier alpha value is -3.30. The standard InChI is InChI=1S/C18H18F3N3O4/c1-11-8-9-22-14(10-11)23-17(16(26)28-3,18(19,20)21)24-15(25)12-6-4-5-7-13(12)27-2/h4-10H,1-3H3,(H,22,23)(H,24,25)/t17-/m1/s1. The molecule has 2 N–H and O–H groups in total. The number of nitrogens with zero attached hydrogens (tertiary/aromatic N) is 1. The summed E-state index contributed by atoms with van der Waals surface area (Å²) in [6, 6.07) is 8.50. The highest BCUT2D eigenvalue weighted by Gasteiger charge is 2.63. The number of anilines is 1. The van der Waals surface area contributed by atoms with Gasteiger partial charge < -0.3 is 20.1 Å². The number of amides is 1. The molecule has 0 aliphatic carbocycles. The van der Waals surface area contributed by atoms with Crippen molar-refractivity contribution in [3.63, 3.8) is 0 Å². The van der Waals surface area contributed by atoms with Crippen molar-refractivity contribution in [3.8, 4) is 5.75 Å². The molecule has 0 bridgehead atoms. The molecule has 0 aliphatic heterocycles. The zero-order valence-electron chi connectivity index (χ0n) is 15.3. The molecule has 0 unspecified atom stereocenters. The van der Waals surface area contributed by atoms with Crippen LogP contribution in [0.1, 0.15) is 15.9 Å². The van der Waals surface area contributed by atoms with Crippen molar-refractivity contribution in [1.29, 1.82) is 0 Å². The Kier molecular flexibility index (Phi) is 6.12. The maximum absolute atomic E-state index is 14.0. The van der Waals surface area contributed by atoms with Gasteiger partial charge in [0.05, 0.1) is 19.8 Å². The van der Waals surface area contributed by atoms with Crippen molar-refractivity contribution >= 4 is 17.7 Å². The summed E-state index contributed by atoms with van der Waals surface area (Å²) >= 11 is 0. The van der Waals surface area contributed by atoms with E-state index >= 15 is 0 Å². The predicted octanol–water partition coefficient (Wildman–Crippen LogP) is 2.67. The van der Waals surface area contributed by atoms with Crippen LogP contribution >= 0.6 is 0 Å². The smallest absolute Gasteiger partial charge is 0.441 e. The number of para-hydroxylation sites is 1. The molecule has 150 valence electrons. The molecule has 1 aromatic heterocycles. The Morgan fingerprint density at radius 2 is 1.79 bits per heavy atom. The summed E-state index contributed by atoms with van der Waals surface area (Å²) in [5.41, 5.74) is -3.17. The van der Waals surface area contributed by atoms with Crippen molar-refractivity contribution < 1.29 is 32.2 Å². The molecule has 0 spiro atoms. The molecule has 1 aromatic carbocycles. The van der Waals surface area contributed by atoms with Crippen molar-refractivity contribution in [3.05, 3.63) is 53.7 Å². The summed E-state index contributed by atoms with van der Waals surface area (Å²) in [6.07, 6.45) is -4.00. The van der Waals surface area contributed by atoms with Crippen LogP contribution in [0, 0.1) is 6.92 Å². The molecule has 28 heavy (non-hydrogen) atoms. The lowest BCUT2D eigenvalue weighted by Gasteiger charge is -2.34. The van der Waals surface area contributed by atoms with Gasteiger partial charge in [-0.2, -0.15) is 13.2 Å². The third-order valence-electron chi connectivity index (χ3n) is 3.80. The zero-order valence-corrected chi connectivity index (χ0v) is 15.3. The van der Waals surface area contributed by atoms with Gasteiger partial charge in [-0.05, 0) is 36.8 Å².